The number of halogens is 1. The highest BCUT2D eigenvalue weighted by molar-refractivity contribution is 9.10. The van der Waals surface area contributed by atoms with E-state index in [4.69, 9.17) is 9.47 Å². The van der Waals surface area contributed by atoms with Gasteiger partial charge in [0.05, 0.1) is 24.8 Å². The molecule has 0 bridgehead atoms. The maximum absolute atomic E-state index is 13.0. The van der Waals surface area contributed by atoms with Crippen LogP contribution in [-0.2, 0) is 6.42 Å². The first-order chi connectivity index (χ1) is 14.2. The summed E-state index contributed by atoms with van der Waals surface area (Å²) in [7, 11) is 0. The van der Waals surface area contributed by atoms with Crippen LogP contribution in [0.5, 0.6) is 11.5 Å². The van der Waals surface area contributed by atoms with Gasteiger partial charge in [0.15, 0.2) is 11.5 Å². The van der Waals surface area contributed by atoms with Crippen molar-refractivity contribution in [3.63, 3.8) is 0 Å². The maximum Gasteiger partial charge on any atom is 0.252 e. The average molecular weight is 452 g/mol. The lowest BCUT2D eigenvalue weighted by atomic mass is 9.98. The van der Waals surface area contributed by atoms with Crippen molar-refractivity contribution in [1.82, 2.24) is 5.32 Å². The molecule has 5 heteroatoms. The number of carbonyl (C=O) groups is 1. The lowest BCUT2D eigenvalue weighted by Crippen LogP contribution is -2.30. The van der Waals surface area contributed by atoms with Gasteiger partial charge < -0.3 is 14.8 Å². The molecular weight excluding hydrogens is 430 g/mol. The molecular formula is C24H22BrNO3. The van der Waals surface area contributed by atoms with Gasteiger partial charge in [-0.2, -0.15) is 0 Å². The van der Waals surface area contributed by atoms with Crippen molar-refractivity contribution in [2.75, 3.05) is 13.2 Å². The molecule has 1 amide bonds. The number of amides is 1. The number of nitrogens with one attached hydrogen (secondary N) is 1. The molecule has 0 fully saturated rings. The molecule has 4 rings (SSSR count). The third-order valence-electron chi connectivity index (χ3n) is 4.88. The molecule has 0 aromatic heterocycles. The van der Waals surface area contributed by atoms with Crippen LogP contribution >= 0.6 is 15.9 Å². The van der Waals surface area contributed by atoms with Gasteiger partial charge in [0.1, 0.15) is 0 Å². The van der Waals surface area contributed by atoms with E-state index in [1.54, 1.807) is 0 Å². The monoisotopic (exact) mass is 451 g/mol. The number of carbonyl (C=O) groups excluding carboxylic acids is 1. The quantitative estimate of drug-likeness (QED) is 0.570. The van der Waals surface area contributed by atoms with E-state index in [-0.39, 0.29) is 11.9 Å². The largest absolute Gasteiger partial charge is 0.490 e. The number of benzene rings is 3. The molecule has 0 spiro atoms. The summed E-state index contributed by atoms with van der Waals surface area (Å²) < 4.78 is 12.4. The molecule has 0 saturated heterocycles. The molecule has 1 N–H and O–H groups in total. The topological polar surface area (TPSA) is 47.6 Å². The van der Waals surface area contributed by atoms with Crippen molar-refractivity contribution >= 4 is 21.8 Å². The van der Waals surface area contributed by atoms with Crippen LogP contribution in [0.15, 0.2) is 77.3 Å². The molecule has 4 nitrogen and oxygen atoms in total. The van der Waals surface area contributed by atoms with Crippen LogP contribution in [0.25, 0.3) is 0 Å². The SMILES string of the molecule is O=C(NC(Cc1ccccc1)c1ccc2c(c1)OCCCO2)c1ccccc1Br. The van der Waals surface area contributed by atoms with E-state index in [0.717, 1.165) is 33.5 Å². The van der Waals surface area contributed by atoms with Crippen LogP contribution in [0.4, 0.5) is 0 Å². The smallest absolute Gasteiger partial charge is 0.252 e. The highest BCUT2D eigenvalue weighted by Crippen LogP contribution is 2.33. The molecule has 1 heterocycles. The van der Waals surface area contributed by atoms with Gasteiger partial charge in [-0.3, -0.25) is 4.79 Å². The van der Waals surface area contributed by atoms with Crippen LogP contribution in [0, 0.1) is 0 Å². The molecule has 1 atom stereocenters. The summed E-state index contributed by atoms with van der Waals surface area (Å²) in [6, 6.07) is 23.3. The van der Waals surface area contributed by atoms with Gasteiger partial charge in [-0.15, -0.1) is 0 Å². The maximum atomic E-state index is 13.0. The van der Waals surface area contributed by atoms with Crippen molar-refractivity contribution in [2.24, 2.45) is 0 Å². The average Bonchev–Trinajstić information content (AvgIpc) is 2.99. The molecule has 0 saturated carbocycles. The molecule has 148 valence electrons. The van der Waals surface area contributed by atoms with Crippen LogP contribution in [-0.4, -0.2) is 19.1 Å². The summed E-state index contributed by atoms with van der Waals surface area (Å²) >= 11 is 3.47. The first kappa shape index (κ1) is 19.5. The molecule has 1 aliphatic rings. The molecule has 1 unspecified atom stereocenters. The minimum absolute atomic E-state index is 0.120. The fraction of sp³-hybridized carbons (Fsp3) is 0.208. The Hall–Kier alpha value is -2.79. The van der Waals surface area contributed by atoms with Gasteiger partial charge >= 0.3 is 0 Å². The molecule has 3 aromatic carbocycles. The minimum Gasteiger partial charge on any atom is -0.490 e. The lowest BCUT2D eigenvalue weighted by Gasteiger charge is -2.21. The van der Waals surface area contributed by atoms with E-state index in [9.17, 15) is 4.79 Å². The third-order valence-corrected chi connectivity index (χ3v) is 5.57. The van der Waals surface area contributed by atoms with E-state index >= 15 is 0 Å². The standard InChI is InChI=1S/C24H22BrNO3/c25-20-10-5-4-9-19(20)24(27)26-21(15-17-7-2-1-3-8-17)18-11-12-22-23(16-18)29-14-6-13-28-22/h1-5,7-12,16,21H,6,13-15H2,(H,26,27). The Bertz CT molecular complexity index is 990. The number of hydrogen-bond acceptors (Lipinski definition) is 3. The van der Waals surface area contributed by atoms with Crippen LogP contribution in [0.3, 0.4) is 0 Å². The Balaban J connectivity index is 1.64. The summed E-state index contributed by atoms with van der Waals surface area (Å²) in [6.45, 7) is 1.28. The fourth-order valence-corrected chi connectivity index (χ4v) is 3.84. The molecule has 3 aromatic rings. The summed E-state index contributed by atoms with van der Waals surface area (Å²) in [5.74, 6) is 1.36. The van der Waals surface area contributed by atoms with Crippen LogP contribution in [0.1, 0.15) is 33.9 Å². The van der Waals surface area contributed by atoms with Crippen molar-refractivity contribution in [3.05, 3.63) is 94.0 Å². The Kier molecular flexibility index (Phi) is 6.15. The van der Waals surface area contributed by atoms with Crippen molar-refractivity contribution in [3.8, 4) is 11.5 Å². The van der Waals surface area contributed by atoms with Gasteiger partial charge in [-0.1, -0.05) is 48.5 Å². The van der Waals surface area contributed by atoms with E-state index in [0.29, 0.717) is 25.2 Å². The zero-order chi connectivity index (χ0) is 20.1. The molecule has 1 aliphatic heterocycles. The molecule has 0 aliphatic carbocycles. The number of fused-ring (bicyclic) bond motifs is 1. The van der Waals surface area contributed by atoms with Crippen LogP contribution < -0.4 is 14.8 Å². The van der Waals surface area contributed by atoms with E-state index in [1.807, 2.05) is 60.7 Å². The van der Waals surface area contributed by atoms with Gasteiger partial charge in [-0.25, -0.2) is 0 Å². The molecule has 0 radical (unpaired) electrons. The predicted octanol–water partition coefficient (Wildman–Crippen LogP) is 5.32. The zero-order valence-corrected chi connectivity index (χ0v) is 17.5. The summed E-state index contributed by atoms with van der Waals surface area (Å²) in [5.41, 5.74) is 2.75. The minimum atomic E-state index is -0.200. The lowest BCUT2D eigenvalue weighted by molar-refractivity contribution is 0.0935. The van der Waals surface area contributed by atoms with E-state index in [1.165, 1.54) is 0 Å². The summed E-state index contributed by atoms with van der Waals surface area (Å²) in [4.78, 5) is 13.0. The van der Waals surface area contributed by atoms with Crippen molar-refractivity contribution < 1.29 is 14.3 Å². The normalized spacial score (nSPS) is 14.0. The van der Waals surface area contributed by atoms with E-state index < -0.39 is 0 Å². The van der Waals surface area contributed by atoms with Crippen LogP contribution in [0.2, 0.25) is 0 Å². The second kappa shape index (κ2) is 9.14. The second-order valence-corrected chi connectivity index (χ2v) is 7.81. The number of hydrogen-bond donors (Lipinski definition) is 1. The number of rotatable bonds is 5. The van der Waals surface area contributed by atoms with Gasteiger partial charge in [-0.05, 0) is 57.7 Å². The van der Waals surface area contributed by atoms with E-state index in [2.05, 4.69) is 33.4 Å². The summed E-state index contributed by atoms with van der Waals surface area (Å²) in [5, 5.41) is 3.20. The Morgan fingerprint density at radius 2 is 1.66 bits per heavy atom. The number of ether oxygens (including phenoxy) is 2. The Labute approximate surface area is 179 Å². The Morgan fingerprint density at radius 1 is 0.931 bits per heavy atom. The summed E-state index contributed by atoms with van der Waals surface area (Å²) in [6.07, 6.45) is 1.53. The van der Waals surface area contributed by atoms with Gasteiger partial charge in [0, 0.05) is 10.9 Å². The van der Waals surface area contributed by atoms with Gasteiger partial charge in [0.25, 0.3) is 5.91 Å². The van der Waals surface area contributed by atoms with Crippen molar-refractivity contribution in [1.29, 1.82) is 0 Å². The first-order valence-corrected chi connectivity index (χ1v) is 10.5. The first-order valence-electron chi connectivity index (χ1n) is 9.69. The van der Waals surface area contributed by atoms with Gasteiger partial charge in [0.2, 0.25) is 0 Å². The molecule has 29 heavy (non-hydrogen) atoms. The van der Waals surface area contributed by atoms with Crippen molar-refractivity contribution in [2.45, 2.75) is 18.9 Å². The second-order valence-electron chi connectivity index (χ2n) is 6.95. The zero-order valence-electron chi connectivity index (χ0n) is 15.9. The highest BCUT2D eigenvalue weighted by atomic mass is 79.9. The fourth-order valence-electron chi connectivity index (χ4n) is 3.38. The predicted molar refractivity (Wildman–Crippen MR) is 117 cm³/mol. The Morgan fingerprint density at radius 3 is 2.45 bits per heavy atom. The highest BCUT2D eigenvalue weighted by Gasteiger charge is 2.20. The third kappa shape index (κ3) is 4.80.